The molecular weight excluding hydrogens is 343 g/mol. The molecular formula is C13H15IN2O2. The Labute approximate surface area is 120 Å². The highest BCUT2D eigenvalue weighted by molar-refractivity contribution is 14.1. The standard InChI is InChI=1S/C13H15IN2O2/c14-11-5-6-12(13(9-11)16(17)18)15-8-7-10-3-1-2-4-10/h3,5-6,9,15H,1-2,4,7-8H2. The van der Waals surface area contributed by atoms with E-state index in [1.165, 1.54) is 24.8 Å². The van der Waals surface area contributed by atoms with E-state index >= 15 is 0 Å². The third-order valence-corrected chi connectivity index (χ3v) is 3.72. The number of nitrogens with one attached hydrogen (secondary N) is 1. The van der Waals surface area contributed by atoms with Gasteiger partial charge in [-0.15, -0.1) is 0 Å². The highest BCUT2D eigenvalue weighted by Gasteiger charge is 2.13. The Bertz CT molecular complexity index is 486. The Kier molecular flexibility index (Phi) is 4.57. The molecule has 0 fully saturated rings. The molecule has 0 radical (unpaired) electrons. The van der Waals surface area contributed by atoms with Crippen LogP contribution < -0.4 is 5.32 Å². The molecule has 0 unspecified atom stereocenters. The van der Waals surface area contributed by atoms with Gasteiger partial charge in [0.05, 0.1) is 4.92 Å². The molecule has 1 aliphatic rings. The summed E-state index contributed by atoms with van der Waals surface area (Å²) in [4.78, 5) is 10.6. The first kappa shape index (κ1) is 13.3. The molecule has 0 aliphatic heterocycles. The number of hydrogen-bond donors (Lipinski definition) is 1. The number of allylic oxidation sites excluding steroid dienone is 1. The maximum Gasteiger partial charge on any atom is 0.293 e. The van der Waals surface area contributed by atoms with Crippen molar-refractivity contribution in [1.29, 1.82) is 0 Å². The molecule has 96 valence electrons. The average molecular weight is 358 g/mol. The van der Waals surface area contributed by atoms with Crippen LogP contribution in [0.1, 0.15) is 25.7 Å². The smallest absolute Gasteiger partial charge is 0.293 e. The highest BCUT2D eigenvalue weighted by Crippen LogP contribution is 2.27. The lowest BCUT2D eigenvalue weighted by Gasteiger charge is -2.07. The average Bonchev–Trinajstić information content (AvgIpc) is 2.84. The maximum atomic E-state index is 10.9. The van der Waals surface area contributed by atoms with Gasteiger partial charge in [0.25, 0.3) is 5.69 Å². The molecule has 4 nitrogen and oxygen atoms in total. The van der Waals surface area contributed by atoms with Crippen LogP contribution in [-0.4, -0.2) is 11.5 Å². The summed E-state index contributed by atoms with van der Waals surface area (Å²) in [5.74, 6) is 0. The van der Waals surface area contributed by atoms with Gasteiger partial charge in [0.2, 0.25) is 0 Å². The summed E-state index contributed by atoms with van der Waals surface area (Å²) >= 11 is 2.08. The molecule has 5 heteroatoms. The largest absolute Gasteiger partial charge is 0.379 e. The van der Waals surface area contributed by atoms with Crippen molar-refractivity contribution in [3.63, 3.8) is 0 Å². The van der Waals surface area contributed by atoms with Gasteiger partial charge in [0, 0.05) is 16.2 Å². The maximum absolute atomic E-state index is 10.9. The van der Waals surface area contributed by atoms with Crippen molar-refractivity contribution in [3.8, 4) is 0 Å². The zero-order chi connectivity index (χ0) is 13.0. The highest BCUT2D eigenvalue weighted by atomic mass is 127. The number of nitro groups is 1. The quantitative estimate of drug-likeness (QED) is 0.373. The SMILES string of the molecule is O=[N+]([O-])c1cc(I)ccc1NCCC1=CCCC1. The van der Waals surface area contributed by atoms with Crippen LogP contribution in [0.5, 0.6) is 0 Å². The molecule has 1 aromatic carbocycles. The van der Waals surface area contributed by atoms with Gasteiger partial charge in [-0.2, -0.15) is 0 Å². The first-order valence-electron chi connectivity index (χ1n) is 6.02. The Hall–Kier alpha value is -1.11. The van der Waals surface area contributed by atoms with Gasteiger partial charge in [0.15, 0.2) is 0 Å². The van der Waals surface area contributed by atoms with E-state index in [1.54, 1.807) is 12.1 Å². The van der Waals surface area contributed by atoms with Gasteiger partial charge >= 0.3 is 0 Å². The summed E-state index contributed by atoms with van der Waals surface area (Å²) in [6.45, 7) is 0.757. The van der Waals surface area contributed by atoms with Crippen molar-refractivity contribution in [2.45, 2.75) is 25.7 Å². The topological polar surface area (TPSA) is 55.2 Å². The molecule has 1 aromatic rings. The monoisotopic (exact) mass is 358 g/mol. The molecule has 1 aliphatic carbocycles. The van der Waals surface area contributed by atoms with E-state index in [-0.39, 0.29) is 10.6 Å². The Balaban J connectivity index is 1.98. The zero-order valence-corrected chi connectivity index (χ0v) is 12.1. The summed E-state index contributed by atoms with van der Waals surface area (Å²) in [5.41, 5.74) is 2.23. The predicted molar refractivity (Wildman–Crippen MR) is 80.9 cm³/mol. The minimum Gasteiger partial charge on any atom is -0.379 e. The van der Waals surface area contributed by atoms with Gasteiger partial charge < -0.3 is 5.32 Å². The fraction of sp³-hybridized carbons (Fsp3) is 0.385. The second-order valence-corrected chi connectivity index (χ2v) is 5.60. The van der Waals surface area contributed by atoms with Gasteiger partial charge in [0.1, 0.15) is 5.69 Å². The van der Waals surface area contributed by atoms with Crippen LogP contribution in [0.2, 0.25) is 0 Å². The number of hydrogen-bond acceptors (Lipinski definition) is 3. The number of nitro benzene ring substituents is 1. The Morgan fingerprint density at radius 2 is 2.28 bits per heavy atom. The molecule has 0 bridgehead atoms. The van der Waals surface area contributed by atoms with Gasteiger partial charge in [-0.25, -0.2) is 0 Å². The fourth-order valence-corrected chi connectivity index (χ4v) is 2.60. The number of halogens is 1. The van der Waals surface area contributed by atoms with Crippen molar-refractivity contribution in [2.75, 3.05) is 11.9 Å². The van der Waals surface area contributed by atoms with E-state index in [1.807, 2.05) is 6.07 Å². The van der Waals surface area contributed by atoms with Crippen LogP contribution in [0, 0.1) is 13.7 Å². The van der Waals surface area contributed by atoms with E-state index in [9.17, 15) is 10.1 Å². The lowest BCUT2D eigenvalue weighted by Crippen LogP contribution is -2.05. The second-order valence-electron chi connectivity index (χ2n) is 4.35. The molecule has 18 heavy (non-hydrogen) atoms. The zero-order valence-electron chi connectivity index (χ0n) is 9.99. The van der Waals surface area contributed by atoms with Gasteiger partial charge in [-0.05, 0) is 60.4 Å². The molecule has 0 saturated heterocycles. The summed E-state index contributed by atoms with van der Waals surface area (Å²) < 4.78 is 0.878. The first-order valence-corrected chi connectivity index (χ1v) is 7.10. The predicted octanol–water partition coefficient (Wildman–Crippen LogP) is 4.11. The van der Waals surface area contributed by atoms with Crippen molar-refractivity contribution in [2.24, 2.45) is 0 Å². The Morgan fingerprint density at radius 1 is 1.44 bits per heavy atom. The normalized spacial score (nSPS) is 14.4. The minimum atomic E-state index is -0.334. The summed E-state index contributed by atoms with van der Waals surface area (Å²) in [6, 6.07) is 5.26. The molecule has 0 heterocycles. The third-order valence-electron chi connectivity index (χ3n) is 3.05. The molecule has 0 spiro atoms. The molecule has 2 rings (SSSR count). The van der Waals surface area contributed by atoms with E-state index in [0.717, 1.165) is 16.5 Å². The van der Waals surface area contributed by atoms with E-state index in [0.29, 0.717) is 5.69 Å². The summed E-state index contributed by atoms with van der Waals surface area (Å²) in [6.07, 6.45) is 6.86. The molecule has 0 amide bonds. The Morgan fingerprint density at radius 3 is 2.94 bits per heavy atom. The lowest BCUT2D eigenvalue weighted by atomic mass is 10.1. The van der Waals surface area contributed by atoms with E-state index < -0.39 is 0 Å². The molecule has 1 N–H and O–H groups in total. The van der Waals surface area contributed by atoms with Crippen LogP contribution in [0.4, 0.5) is 11.4 Å². The molecule has 0 atom stereocenters. The van der Waals surface area contributed by atoms with Gasteiger partial charge in [-0.3, -0.25) is 10.1 Å². The number of anilines is 1. The van der Waals surface area contributed by atoms with Crippen molar-refractivity contribution in [1.82, 2.24) is 0 Å². The number of benzene rings is 1. The van der Waals surface area contributed by atoms with E-state index in [2.05, 4.69) is 34.0 Å². The minimum absolute atomic E-state index is 0.155. The summed E-state index contributed by atoms with van der Waals surface area (Å²) in [5, 5.41) is 14.1. The van der Waals surface area contributed by atoms with Crippen LogP contribution in [0.25, 0.3) is 0 Å². The number of rotatable bonds is 5. The van der Waals surface area contributed by atoms with E-state index in [4.69, 9.17) is 0 Å². The van der Waals surface area contributed by atoms with Crippen LogP contribution >= 0.6 is 22.6 Å². The fourth-order valence-electron chi connectivity index (χ4n) is 2.13. The van der Waals surface area contributed by atoms with Gasteiger partial charge in [-0.1, -0.05) is 11.6 Å². The first-order chi connectivity index (χ1) is 8.66. The molecule has 0 saturated carbocycles. The van der Waals surface area contributed by atoms with Crippen molar-refractivity contribution < 1.29 is 4.92 Å². The van der Waals surface area contributed by atoms with Crippen LogP contribution in [0.15, 0.2) is 29.8 Å². The third kappa shape index (κ3) is 3.44. The second kappa shape index (κ2) is 6.17. The lowest BCUT2D eigenvalue weighted by molar-refractivity contribution is -0.384. The summed E-state index contributed by atoms with van der Waals surface area (Å²) in [7, 11) is 0. The number of nitrogens with zero attached hydrogens (tertiary/aromatic N) is 1. The van der Waals surface area contributed by atoms with Crippen molar-refractivity contribution >= 4 is 34.0 Å². The molecule has 0 aromatic heterocycles. The van der Waals surface area contributed by atoms with Crippen LogP contribution in [-0.2, 0) is 0 Å². The van der Waals surface area contributed by atoms with Crippen molar-refractivity contribution in [3.05, 3.63) is 43.5 Å². The van der Waals surface area contributed by atoms with Crippen LogP contribution in [0.3, 0.4) is 0 Å².